The number of aliphatic hydroxyl groups is 1. The molecule has 1 unspecified atom stereocenters. The standard InChI is InChI=1S/C18H19ClN2O5/c1-12-2-4-13(5-3-12)17(26-9-8-22)11-20-18(23)14-6-7-15(19)16(10-14)21(24)25/h2-7,10,17,22H,8-9,11H2,1H3,(H,20,23). The first-order valence-corrected chi connectivity index (χ1v) is 8.31. The van der Waals surface area contributed by atoms with Crippen molar-refractivity contribution in [3.05, 3.63) is 74.3 Å². The van der Waals surface area contributed by atoms with Crippen LogP contribution in [-0.2, 0) is 4.74 Å². The zero-order valence-electron chi connectivity index (χ0n) is 14.1. The van der Waals surface area contributed by atoms with Crippen LogP contribution in [0.5, 0.6) is 0 Å². The fourth-order valence-electron chi connectivity index (χ4n) is 2.33. The Balaban J connectivity index is 2.10. The fourth-order valence-corrected chi connectivity index (χ4v) is 2.52. The van der Waals surface area contributed by atoms with Crippen LogP contribution in [0, 0.1) is 17.0 Å². The minimum Gasteiger partial charge on any atom is -0.394 e. The Morgan fingerprint density at radius 3 is 2.62 bits per heavy atom. The second-order valence-electron chi connectivity index (χ2n) is 5.63. The molecule has 1 amide bonds. The molecule has 0 saturated carbocycles. The summed E-state index contributed by atoms with van der Waals surface area (Å²) in [6, 6.07) is 11.5. The van der Waals surface area contributed by atoms with Crippen LogP contribution < -0.4 is 5.32 Å². The Labute approximate surface area is 155 Å². The third-order valence-corrected chi connectivity index (χ3v) is 4.03. The van der Waals surface area contributed by atoms with Crippen LogP contribution in [-0.4, -0.2) is 35.7 Å². The maximum absolute atomic E-state index is 12.3. The molecular weight excluding hydrogens is 360 g/mol. The Morgan fingerprint density at radius 1 is 1.31 bits per heavy atom. The number of nitro groups is 1. The van der Waals surface area contributed by atoms with Gasteiger partial charge in [-0.15, -0.1) is 0 Å². The van der Waals surface area contributed by atoms with Crippen LogP contribution in [0.4, 0.5) is 5.69 Å². The summed E-state index contributed by atoms with van der Waals surface area (Å²) in [4.78, 5) is 22.6. The summed E-state index contributed by atoms with van der Waals surface area (Å²) in [6.07, 6.45) is -0.450. The molecular formula is C18H19ClN2O5. The van der Waals surface area contributed by atoms with E-state index < -0.39 is 16.9 Å². The van der Waals surface area contributed by atoms with Crippen LogP contribution in [0.1, 0.15) is 27.6 Å². The summed E-state index contributed by atoms with van der Waals surface area (Å²) < 4.78 is 5.59. The molecule has 2 aromatic carbocycles. The number of hydrogen-bond acceptors (Lipinski definition) is 5. The molecule has 0 radical (unpaired) electrons. The maximum Gasteiger partial charge on any atom is 0.288 e. The SMILES string of the molecule is Cc1ccc(C(CNC(=O)c2ccc(Cl)c([N+](=O)[O-])c2)OCCO)cc1. The van der Waals surface area contributed by atoms with E-state index >= 15 is 0 Å². The highest BCUT2D eigenvalue weighted by Gasteiger charge is 2.18. The van der Waals surface area contributed by atoms with Crippen LogP contribution in [0.25, 0.3) is 0 Å². The van der Waals surface area contributed by atoms with Gasteiger partial charge in [-0.1, -0.05) is 41.4 Å². The lowest BCUT2D eigenvalue weighted by Gasteiger charge is -2.19. The van der Waals surface area contributed by atoms with Gasteiger partial charge in [-0.05, 0) is 24.6 Å². The van der Waals surface area contributed by atoms with Gasteiger partial charge in [0.05, 0.1) is 24.2 Å². The number of hydrogen-bond donors (Lipinski definition) is 2. The number of aliphatic hydroxyl groups excluding tert-OH is 1. The molecule has 2 N–H and O–H groups in total. The molecule has 2 rings (SSSR count). The zero-order valence-corrected chi connectivity index (χ0v) is 14.9. The lowest BCUT2D eigenvalue weighted by molar-refractivity contribution is -0.384. The van der Waals surface area contributed by atoms with Gasteiger partial charge in [0, 0.05) is 18.2 Å². The van der Waals surface area contributed by atoms with E-state index in [0.717, 1.165) is 17.2 Å². The summed E-state index contributed by atoms with van der Waals surface area (Å²) in [6.45, 7) is 2.10. The number of nitrogens with zero attached hydrogens (tertiary/aromatic N) is 1. The van der Waals surface area contributed by atoms with E-state index in [0.29, 0.717) is 0 Å². The fraction of sp³-hybridized carbons (Fsp3) is 0.278. The second kappa shape index (κ2) is 9.28. The van der Waals surface area contributed by atoms with Crippen molar-refractivity contribution in [1.29, 1.82) is 0 Å². The van der Waals surface area contributed by atoms with Gasteiger partial charge < -0.3 is 15.2 Å². The lowest BCUT2D eigenvalue weighted by atomic mass is 10.1. The van der Waals surface area contributed by atoms with Gasteiger partial charge in [0.2, 0.25) is 0 Å². The van der Waals surface area contributed by atoms with Crippen molar-refractivity contribution in [2.75, 3.05) is 19.8 Å². The molecule has 7 nitrogen and oxygen atoms in total. The van der Waals surface area contributed by atoms with E-state index in [1.165, 1.54) is 12.1 Å². The molecule has 0 saturated heterocycles. The summed E-state index contributed by atoms with van der Waals surface area (Å²) in [7, 11) is 0. The van der Waals surface area contributed by atoms with Crippen LogP contribution in [0.3, 0.4) is 0 Å². The van der Waals surface area contributed by atoms with Gasteiger partial charge in [0.1, 0.15) is 5.02 Å². The quantitative estimate of drug-likeness (QED) is 0.543. The van der Waals surface area contributed by atoms with E-state index in [4.69, 9.17) is 21.4 Å². The van der Waals surface area contributed by atoms with Crippen molar-refractivity contribution < 1.29 is 19.6 Å². The van der Waals surface area contributed by atoms with Crippen molar-refractivity contribution in [1.82, 2.24) is 5.32 Å². The molecule has 0 aromatic heterocycles. The summed E-state index contributed by atoms with van der Waals surface area (Å²) >= 11 is 5.76. The number of nitro benzene ring substituents is 1. The number of benzene rings is 2. The number of aryl methyl sites for hydroxylation is 1. The highest BCUT2D eigenvalue weighted by molar-refractivity contribution is 6.32. The molecule has 138 valence electrons. The van der Waals surface area contributed by atoms with Gasteiger partial charge in [-0.25, -0.2) is 0 Å². The van der Waals surface area contributed by atoms with Crippen molar-refractivity contribution in [3.8, 4) is 0 Å². The van der Waals surface area contributed by atoms with Crippen molar-refractivity contribution >= 4 is 23.2 Å². The molecule has 2 aromatic rings. The largest absolute Gasteiger partial charge is 0.394 e. The van der Waals surface area contributed by atoms with E-state index in [9.17, 15) is 14.9 Å². The first-order valence-electron chi connectivity index (χ1n) is 7.93. The average Bonchev–Trinajstić information content (AvgIpc) is 2.62. The second-order valence-corrected chi connectivity index (χ2v) is 6.03. The van der Waals surface area contributed by atoms with E-state index in [2.05, 4.69) is 5.32 Å². The molecule has 0 bridgehead atoms. The van der Waals surface area contributed by atoms with Gasteiger partial charge in [-0.3, -0.25) is 14.9 Å². The Kier molecular flexibility index (Phi) is 7.08. The number of halogens is 1. The number of carbonyl (C=O) groups is 1. The molecule has 0 aliphatic rings. The molecule has 0 aliphatic carbocycles. The normalized spacial score (nSPS) is 11.8. The highest BCUT2D eigenvalue weighted by atomic mass is 35.5. The Hall–Kier alpha value is -2.48. The zero-order chi connectivity index (χ0) is 19.1. The number of ether oxygens (including phenoxy) is 1. The molecule has 0 spiro atoms. The van der Waals surface area contributed by atoms with Crippen molar-refractivity contribution in [2.24, 2.45) is 0 Å². The van der Waals surface area contributed by atoms with Gasteiger partial charge in [-0.2, -0.15) is 0 Å². The molecule has 0 heterocycles. The van der Waals surface area contributed by atoms with Gasteiger partial charge in [0.25, 0.3) is 11.6 Å². The van der Waals surface area contributed by atoms with Gasteiger partial charge in [0.15, 0.2) is 0 Å². The van der Waals surface area contributed by atoms with E-state index in [-0.39, 0.29) is 36.0 Å². The summed E-state index contributed by atoms with van der Waals surface area (Å²) in [5.41, 5.74) is 1.75. The van der Waals surface area contributed by atoms with E-state index in [1.54, 1.807) is 0 Å². The van der Waals surface area contributed by atoms with Crippen molar-refractivity contribution in [2.45, 2.75) is 13.0 Å². The first kappa shape index (κ1) is 19.8. The monoisotopic (exact) mass is 378 g/mol. The molecule has 8 heteroatoms. The number of carbonyl (C=O) groups excluding carboxylic acids is 1. The van der Waals surface area contributed by atoms with Crippen LogP contribution >= 0.6 is 11.6 Å². The molecule has 26 heavy (non-hydrogen) atoms. The van der Waals surface area contributed by atoms with Crippen molar-refractivity contribution in [3.63, 3.8) is 0 Å². The number of amides is 1. The summed E-state index contributed by atoms with van der Waals surface area (Å²) in [5, 5.41) is 22.6. The number of nitrogens with one attached hydrogen (secondary N) is 1. The Morgan fingerprint density at radius 2 is 2.00 bits per heavy atom. The third-order valence-electron chi connectivity index (χ3n) is 3.71. The van der Waals surface area contributed by atoms with E-state index in [1.807, 2.05) is 31.2 Å². The predicted octanol–water partition coefficient (Wildman–Crippen LogP) is 3.04. The number of rotatable bonds is 8. The first-order chi connectivity index (χ1) is 12.4. The highest BCUT2D eigenvalue weighted by Crippen LogP contribution is 2.25. The van der Waals surface area contributed by atoms with Gasteiger partial charge >= 0.3 is 0 Å². The molecule has 1 atom stereocenters. The Bertz CT molecular complexity index is 780. The van der Waals surface area contributed by atoms with Crippen LogP contribution in [0.2, 0.25) is 5.02 Å². The minimum absolute atomic E-state index is 0.0321. The topological polar surface area (TPSA) is 102 Å². The molecule has 0 aliphatic heterocycles. The average molecular weight is 379 g/mol. The third kappa shape index (κ3) is 5.26. The molecule has 0 fully saturated rings. The summed E-state index contributed by atoms with van der Waals surface area (Å²) in [5.74, 6) is -0.477. The predicted molar refractivity (Wildman–Crippen MR) is 97.4 cm³/mol. The van der Waals surface area contributed by atoms with Crippen LogP contribution in [0.15, 0.2) is 42.5 Å². The maximum atomic E-state index is 12.3. The minimum atomic E-state index is -0.640. The smallest absolute Gasteiger partial charge is 0.288 e. The lowest BCUT2D eigenvalue weighted by Crippen LogP contribution is -2.30.